The summed E-state index contributed by atoms with van der Waals surface area (Å²) in [4.78, 5) is 15.6. The van der Waals surface area contributed by atoms with Crippen molar-refractivity contribution in [3.05, 3.63) is 0 Å². The number of nitrogens with zero attached hydrogens (tertiary/aromatic N) is 3. The molecule has 0 spiro atoms. The molecule has 1 amide bonds. The van der Waals surface area contributed by atoms with Gasteiger partial charge in [0, 0.05) is 39.1 Å². The monoisotopic (exact) mass is 209 g/mol. The van der Waals surface area contributed by atoms with E-state index in [1.54, 1.807) is 0 Å². The Balaban J connectivity index is 2.30. The zero-order valence-electron chi connectivity index (χ0n) is 9.57. The van der Waals surface area contributed by atoms with Crippen LogP contribution in [0.25, 0.3) is 0 Å². The van der Waals surface area contributed by atoms with Crippen LogP contribution in [0.1, 0.15) is 20.3 Å². The fourth-order valence-electron chi connectivity index (χ4n) is 1.83. The molecule has 0 aromatic heterocycles. The van der Waals surface area contributed by atoms with E-state index >= 15 is 0 Å². The van der Waals surface area contributed by atoms with Crippen LogP contribution in [-0.2, 0) is 4.79 Å². The first-order valence-electron chi connectivity index (χ1n) is 5.57. The third-order valence-electron chi connectivity index (χ3n) is 2.78. The average Bonchev–Trinajstić information content (AvgIpc) is 2.29. The van der Waals surface area contributed by atoms with Crippen LogP contribution in [0.4, 0.5) is 0 Å². The lowest BCUT2D eigenvalue weighted by atomic mass is 10.2. The molecular formula is C11H19N3O. The van der Waals surface area contributed by atoms with Gasteiger partial charge >= 0.3 is 0 Å². The molecule has 15 heavy (non-hydrogen) atoms. The highest BCUT2D eigenvalue weighted by Crippen LogP contribution is 2.06. The summed E-state index contributed by atoms with van der Waals surface area (Å²) in [5.74, 6) is 0.321. The Morgan fingerprint density at radius 1 is 1.40 bits per heavy atom. The second-order valence-electron chi connectivity index (χ2n) is 4.07. The summed E-state index contributed by atoms with van der Waals surface area (Å²) in [6, 6.07) is 2.24. The van der Waals surface area contributed by atoms with Crippen molar-refractivity contribution < 1.29 is 4.79 Å². The second-order valence-corrected chi connectivity index (χ2v) is 4.07. The lowest BCUT2D eigenvalue weighted by molar-refractivity contribution is -0.132. The Kier molecular flexibility index (Phi) is 4.57. The molecule has 4 heteroatoms. The molecule has 1 saturated heterocycles. The van der Waals surface area contributed by atoms with Crippen LogP contribution >= 0.6 is 0 Å². The van der Waals surface area contributed by atoms with E-state index in [9.17, 15) is 4.79 Å². The molecule has 0 aromatic carbocycles. The van der Waals surface area contributed by atoms with E-state index < -0.39 is 0 Å². The van der Waals surface area contributed by atoms with Crippen molar-refractivity contribution in [3.63, 3.8) is 0 Å². The molecule has 1 aliphatic heterocycles. The summed E-state index contributed by atoms with van der Waals surface area (Å²) in [5, 5.41) is 8.70. The van der Waals surface area contributed by atoms with Gasteiger partial charge in [0.15, 0.2) is 0 Å². The molecule has 4 nitrogen and oxygen atoms in total. The van der Waals surface area contributed by atoms with Gasteiger partial charge in [-0.3, -0.25) is 9.69 Å². The average molecular weight is 209 g/mol. The summed E-state index contributed by atoms with van der Waals surface area (Å²) in [6.07, 6.45) is 0.592. The number of carbonyl (C=O) groups is 1. The smallest absolute Gasteiger partial charge is 0.222 e. The summed E-state index contributed by atoms with van der Waals surface area (Å²) in [5.41, 5.74) is 0. The summed E-state index contributed by atoms with van der Waals surface area (Å²) < 4.78 is 0. The molecule has 1 heterocycles. The maximum absolute atomic E-state index is 11.4. The summed E-state index contributed by atoms with van der Waals surface area (Å²) >= 11 is 0. The van der Waals surface area contributed by atoms with Crippen LogP contribution in [0, 0.1) is 17.2 Å². The molecule has 1 atom stereocenters. The van der Waals surface area contributed by atoms with Crippen LogP contribution in [-0.4, -0.2) is 48.4 Å². The molecule has 0 aliphatic carbocycles. The zero-order valence-corrected chi connectivity index (χ0v) is 9.57. The number of hydrogen-bond donors (Lipinski definition) is 0. The predicted octanol–water partition coefficient (Wildman–Crippen LogP) is 0.700. The predicted molar refractivity (Wildman–Crippen MR) is 58.1 cm³/mol. The summed E-state index contributed by atoms with van der Waals surface area (Å²) in [7, 11) is 0. The third-order valence-corrected chi connectivity index (χ3v) is 2.78. The maximum Gasteiger partial charge on any atom is 0.222 e. The van der Waals surface area contributed by atoms with Gasteiger partial charge in [0.2, 0.25) is 5.91 Å². The Hall–Kier alpha value is -1.08. The quantitative estimate of drug-likeness (QED) is 0.687. The topological polar surface area (TPSA) is 47.3 Å². The van der Waals surface area contributed by atoms with Gasteiger partial charge in [0.1, 0.15) is 0 Å². The van der Waals surface area contributed by atoms with Crippen molar-refractivity contribution in [2.24, 2.45) is 5.92 Å². The Bertz CT molecular complexity index is 251. The van der Waals surface area contributed by atoms with Crippen molar-refractivity contribution in [1.82, 2.24) is 9.80 Å². The van der Waals surface area contributed by atoms with Gasteiger partial charge in [0.05, 0.1) is 12.0 Å². The first-order valence-corrected chi connectivity index (χ1v) is 5.57. The van der Waals surface area contributed by atoms with Crippen molar-refractivity contribution in [3.8, 4) is 6.07 Å². The van der Waals surface area contributed by atoms with Crippen LogP contribution in [0.5, 0.6) is 0 Å². The molecule has 0 saturated carbocycles. The number of nitriles is 1. The first kappa shape index (κ1) is 12.0. The summed E-state index contributed by atoms with van der Waals surface area (Å²) in [6.45, 7) is 8.08. The van der Waals surface area contributed by atoms with Crippen molar-refractivity contribution in [1.29, 1.82) is 5.26 Å². The van der Waals surface area contributed by atoms with E-state index in [0.29, 0.717) is 6.42 Å². The van der Waals surface area contributed by atoms with Crippen LogP contribution in [0.3, 0.4) is 0 Å². The Labute approximate surface area is 91.5 Å². The Morgan fingerprint density at radius 3 is 2.47 bits per heavy atom. The SMILES string of the molecule is CCC(=O)N1CCN(CC(C)C#N)CC1. The van der Waals surface area contributed by atoms with E-state index in [1.165, 1.54) is 0 Å². The number of carbonyl (C=O) groups excluding carboxylic acids is 1. The van der Waals surface area contributed by atoms with E-state index in [1.807, 2.05) is 18.7 Å². The van der Waals surface area contributed by atoms with Crippen LogP contribution in [0.2, 0.25) is 0 Å². The van der Waals surface area contributed by atoms with Gasteiger partial charge in [-0.05, 0) is 6.92 Å². The molecule has 1 rings (SSSR count). The fraction of sp³-hybridized carbons (Fsp3) is 0.818. The first-order chi connectivity index (χ1) is 7.17. The van der Waals surface area contributed by atoms with Gasteiger partial charge in [0.25, 0.3) is 0 Å². The van der Waals surface area contributed by atoms with Gasteiger partial charge in [-0.15, -0.1) is 0 Å². The highest BCUT2D eigenvalue weighted by atomic mass is 16.2. The van der Waals surface area contributed by atoms with E-state index in [4.69, 9.17) is 5.26 Å². The van der Waals surface area contributed by atoms with Gasteiger partial charge in [-0.2, -0.15) is 5.26 Å². The maximum atomic E-state index is 11.4. The van der Waals surface area contributed by atoms with E-state index in [2.05, 4.69) is 11.0 Å². The largest absolute Gasteiger partial charge is 0.340 e. The van der Waals surface area contributed by atoms with Crippen molar-refractivity contribution in [2.75, 3.05) is 32.7 Å². The molecule has 1 fully saturated rings. The van der Waals surface area contributed by atoms with Gasteiger partial charge in [-0.25, -0.2) is 0 Å². The molecule has 0 aromatic rings. The normalized spacial score (nSPS) is 19.7. The zero-order chi connectivity index (χ0) is 11.3. The second kappa shape index (κ2) is 5.72. The van der Waals surface area contributed by atoms with Crippen LogP contribution in [0.15, 0.2) is 0 Å². The molecule has 0 radical (unpaired) electrons. The van der Waals surface area contributed by atoms with Crippen molar-refractivity contribution >= 4 is 5.91 Å². The third kappa shape index (κ3) is 3.52. The fourth-order valence-corrected chi connectivity index (χ4v) is 1.83. The van der Waals surface area contributed by atoms with Gasteiger partial charge < -0.3 is 4.90 Å². The van der Waals surface area contributed by atoms with Crippen LogP contribution < -0.4 is 0 Å². The highest BCUT2D eigenvalue weighted by Gasteiger charge is 2.20. The molecule has 0 bridgehead atoms. The van der Waals surface area contributed by atoms with E-state index in [0.717, 1.165) is 32.7 Å². The number of amides is 1. The molecule has 0 N–H and O–H groups in total. The lowest BCUT2D eigenvalue weighted by Gasteiger charge is -2.35. The van der Waals surface area contributed by atoms with E-state index in [-0.39, 0.29) is 11.8 Å². The highest BCUT2D eigenvalue weighted by molar-refractivity contribution is 5.75. The van der Waals surface area contributed by atoms with Gasteiger partial charge in [-0.1, -0.05) is 6.92 Å². The minimum atomic E-state index is 0.0819. The standard InChI is InChI=1S/C11H19N3O/c1-3-11(15)14-6-4-13(5-7-14)9-10(2)8-12/h10H,3-7,9H2,1-2H3. The number of hydrogen-bond acceptors (Lipinski definition) is 3. The van der Waals surface area contributed by atoms with Crippen molar-refractivity contribution in [2.45, 2.75) is 20.3 Å². The number of piperazine rings is 1. The minimum absolute atomic E-state index is 0.0819. The molecule has 1 unspecified atom stereocenters. The molecule has 1 aliphatic rings. The Morgan fingerprint density at radius 2 is 2.00 bits per heavy atom. The molecular weight excluding hydrogens is 190 g/mol. The lowest BCUT2D eigenvalue weighted by Crippen LogP contribution is -2.49. The minimum Gasteiger partial charge on any atom is -0.340 e. The molecule has 84 valence electrons. The number of rotatable bonds is 3.